The van der Waals surface area contributed by atoms with Crippen molar-refractivity contribution >= 4 is 27.5 Å². The number of hydrogen-bond donors (Lipinski definition) is 0. The molecule has 2 aromatic rings. The predicted octanol–water partition coefficient (Wildman–Crippen LogP) is 3.60. The molecule has 124 valence electrons. The Morgan fingerprint density at radius 2 is 2.13 bits per heavy atom. The minimum absolute atomic E-state index is 0.0509. The zero-order valence-electron chi connectivity index (χ0n) is 13.8. The van der Waals surface area contributed by atoms with Crippen molar-refractivity contribution in [1.82, 2.24) is 4.57 Å². The van der Waals surface area contributed by atoms with E-state index in [1.165, 1.54) is 6.42 Å². The Kier molecular flexibility index (Phi) is 5.28. The molecule has 1 fully saturated rings. The third-order valence-corrected chi connectivity index (χ3v) is 5.80. The summed E-state index contributed by atoms with van der Waals surface area (Å²) in [5, 5.41) is 0. The highest BCUT2D eigenvalue weighted by Gasteiger charge is 2.27. The highest BCUT2D eigenvalue weighted by molar-refractivity contribution is 7.16. The van der Waals surface area contributed by atoms with Crippen LogP contribution in [-0.2, 0) is 16.1 Å². The summed E-state index contributed by atoms with van der Waals surface area (Å²) in [5.74, 6) is 0.585. The molecule has 0 bridgehead atoms. The van der Waals surface area contributed by atoms with E-state index >= 15 is 0 Å². The molecule has 1 heterocycles. The predicted molar refractivity (Wildman–Crippen MR) is 93.4 cm³/mol. The molecule has 0 saturated heterocycles. The summed E-state index contributed by atoms with van der Waals surface area (Å²) in [5.41, 5.74) is 1.12. The standard InChI is InChI=1S/C18H24N2O2S/c1-13-7-3-4-8-14(13)17(21)19-18-20(11-12-22-2)15-9-5-6-10-16(15)23-18/h5-6,9-10,13-14H,3-4,7-8,11-12H2,1-2H3/b19-18-/t13-,14+/m1/s1. The van der Waals surface area contributed by atoms with Gasteiger partial charge in [0.15, 0.2) is 4.80 Å². The van der Waals surface area contributed by atoms with Crippen molar-refractivity contribution in [3.63, 3.8) is 0 Å². The van der Waals surface area contributed by atoms with Crippen molar-refractivity contribution < 1.29 is 9.53 Å². The number of aromatic nitrogens is 1. The number of para-hydroxylation sites is 1. The van der Waals surface area contributed by atoms with E-state index in [1.807, 2.05) is 12.1 Å². The molecule has 1 aromatic heterocycles. The third kappa shape index (κ3) is 3.56. The highest BCUT2D eigenvalue weighted by Crippen LogP contribution is 2.30. The van der Waals surface area contributed by atoms with Crippen LogP contribution in [0.1, 0.15) is 32.6 Å². The van der Waals surface area contributed by atoms with Gasteiger partial charge < -0.3 is 9.30 Å². The maximum absolute atomic E-state index is 12.7. The van der Waals surface area contributed by atoms with Crippen LogP contribution in [0.15, 0.2) is 29.3 Å². The molecule has 1 aliphatic rings. The molecule has 0 radical (unpaired) electrons. The number of nitrogens with zero attached hydrogens (tertiary/aromatic N) is 2. The molecule has 0 spiro atoms. The summed E-state index contributed by atoms with van der Waals surface area (Å²) < 4.78 is 8.48. The summed E-state index contributed by atoms with van der Waals surface area (Å²) in [6.45, 7) is 3.51. The van der Waals surface area contributed by atoms with Gasteiger partial charge >= 0.3 is 0 Å². The first-order valence-electron chi connectivity index (χ1n) is 8.36. The quantitative estimate of drug-likeness (QED) is 0.858. The smallest absolute Gasteiger partial charge is 0.251 e. The summed E-state index contributed by atoms with van der Waals surface area (Å²) in [6, 6.07) is 8.20. The second-order valence-corrected chi connectivity index (χ2v) is 7.32. The normalized spacial score (nSPS) is 22.6. The van der Waals surface area contributed by atoms with Crippen LogP contribution in [0.5, 0.6) is 0 Å². The molecule has 0 aliphatic heterocycles. The average Bonchev–Trinajstić information content (AvgIpc) is 2.90. The molecule has 1 aliphatic carbocycles. The Morgan fingerprint density at radius 1 is 1.35 bits per heavy atom. The zero-order chi connectivity index (χ0) is 16.2. The Balaban J connectivity index is 1.98. The van der Waals surface area contributed by atoms with E-state index in [2.05, 4.69) is 28.6 Å². The summed E-state index contributed by atoms with van der Waals surface area (Å²) >= 11 is 1.59. The molecule has 23 heavy (non-hydrogen) atoms. The number of amides is 1. The Labute approximate surface area is 140 Å². The van der Waals surface area contributed by atoms with Crippen LogP contribution in [0.2, 0.25) is 0 Å². The number of fused-ring (bicyclic) bond motifs is 1. The van der Waals surface area contributed by atoms with Gasteiger partial charge in [-0.2, -0.15) is 4.99 Å². The Hall–Kier alpha value is -1.46. The minimum Gasteiger partial charge on any atom is -0.383 e. The second kappa shape index (κ2) is 7.41. The van der Waals surface area contributed by atoms with E-state index in [0.29, 0.717) is 19.1 Å². The molecule has 0 unspecified atom stereocenters. The first-order valence-corrected chi connectivity index (χ1v) is 9.18. The number of carbonyl (C=O) groups is 1. The van der Waals surface area contributed by atoms with Crippen molar-refractivity contribution in [1.29, 1.82) is 0 Å². The lowest BCUT2D eigenvalue weighted by Crippen LogP contribution is -2.27. The van der Waals surface area contributed by atoms with Gasteiger partial charge in [-0.05, 0) is 30.9 Å². The SMILES string of the molecule is COCCn1/c(=N/C(=O)[C@H]2CCCC[C@H]2C)sc2ccccc21. The van der Waals surface area contributed by atoms with Crippen LogP contribution in [0.3, 0.4) is 0 Å². The van der Waals surface area contributed by atoms with Crippen LogP contribution in [0.25, 0.3) is 10.2 Å². The number of benzene rings is 1. The molecule has 1 saturated carbocycles. The monoisotopic (exact) mass is 332 g/mol. The van der Waals surface area contributed by atoms with E-state index in [9.17, 15) is 4.79 Å². The Bertz CT molecular complexity index is 747. The number of rotatable bonds is 4. The van der Waals surface area contributed by atoms with Gasteiger partial charge in [0, 0.05) is 19.6 Å². The van der Waals surface area contributed by atoms with E-state index in [-0.39, 0.29) is 11.8 Å². The molecule has 4 nitrogen and oxygen atoms in total. The maximum Gasteiger partial charge on any atom is 0.251 e. The van der Waals surface area contributed by atoms with E-state index in [1.54, 1.807) is 18.4 Å². The number of carbonyl (C=O) groups excluding carboxylic acids is 1. The number of methoxy groups -OCH3 is 1. The third-order valence-electron chi connectivity index (χ3n) is 4.74. The fraction of sp³-hybridized carbons (Fsp3) is 0.556. The lowest BCUT2D eigenvalue weighted by atomic mass is 9.80. The fourth-order valence-corrected chi connectivity index (χ4v) is 4.43. The molecule has 2 atom stereocenters. The van der Waals surface area contributed by atoms with Crippen LogP contribution < -0.4 is 4.80 Å². The average molecular weight is 332 g/mol. The highest BCUT2D eigenvalue weighted by atomic mass is 32.1. The van der Waals surface area contributed by atoms with Crippen molar-refractivity contribution in [2.45, 2.75) is 39.2 Å². The van der Waals surface area contributed by atoms with Gasteiger partial charge in [0.05, 0.1) is 16.8 Å². The molecular weight excluding hydrogens is 308 g/mol. The van der Waals surface area contributed by atoms with E-state index in [4.69, 9.17) is 4.74 Å². The molecule has 5 heteroatoms. The van der Waals surface area contributed by atoms with Crippen LogP contribution in [0.4, 0.5) is 0 Å². The minimum atomic E-state index is 0.0509. The van der Waals surface area contributed by atoms with Gasteiger partial charge in [-0.25, -0.2) is 0 Å². The lowest BCUT2D eigenvalue weighted by Gasteiger charge is -2.25. The maximum atomic E-state index is 12.7. The van der Waals surface area contributed by atoms with Gasteiger partial charge in [0.25, 0.3) is 5.91 Å². The number of ether oxygens (including phenoxy) is 1. The summed E-state index contributed by atoms with van der Waals surface area (Å²) in [6.07, 6.45) is 4.50. The first-order chi connectivity index (χ1) is 11.2. The lowest BCUT2D eigenvalue weighted by molar-refractivity contribution is -0.124. The van der Waals surface area contributed by atoms with Crippen molar-refractivity contribution in [3.05, 3.63) is 29.1 Å². The fourth-order valence-electron chi connectivity index (χ4n) is 3.37. The molecule has 1 amide bonds. The van der Waals surface area contributed by atoms with Crippen LogP contribution in [0, 0.1) is 11.8 Å². The first kappa shape index (κ1) is 16.4. The van der Waals surface area contributed by atoms with Crippen molar-refractivity contribution in [2.24, 2.45) is 16.8 Å². The van der Waals surface area contributed by atoms with Gasteiger partial charge in [-0.15, -0.1) is 0 Å². The molecular formula is C18H24N2O2S. The summed E-state index contributed by atoms with van der Waals surface area (Å²) in [7, 11) is 1.70. The largest absolute Gasteiger partial charge is 0.383 e. The van der Waals surface area contributed by atoms with Gasteiger partial charge in [0.2, 0.25) is 0 Å². The van der Waals surface area contributed by atoms with Crippen LogP contribution in [-0.4, -0.2) is 24.2 Å². The Morgan fingerprint density at radius 3 is 2.91 bits per heavy atom. The molecule has 0 N–H and O–H groups in total. The van der Waals surface area contributed by atoms with E-state index < -0.39 is 0 Å². The van der Waals surface area contributed by atoms with Gasteiger partial charge in [-0.1, -0.05) is 43.2 Å². The topological polar surface area (TPSA) is 43.6 Å². The second-order valence-electron chi connectivity index (χ2n) is 6.32. The number of hydrogen-bond acceptors (Lipinski definition) is 3. The van der Waals surface area contributed by atoms with Crippen molar-refractivity contribution in [3.8, 4) is 0 Å². The number of thiazole rings is 1. The van der Waals surface area contributed by atoms with Gasteiger partial charge in [-0.3, -0.25) is 4.79 Å². The molecule has 3 rings (SSSR count). The van der Waals surface area contributed by atoms with Crippen molar-refractivity contribution in [2.75, 3.05) is 13.7 Å². The zero-order valence-corrected chi connectivity index (χ0v) is 14.6. The summed E-state index contributed by atoms with van der Waals surface area (Å²) in [4.78, 5) is 18.0. The van der Waals surface area contributed by atoms with Crippen LogP contribution >= 0.6 is 11.3 Å². The van der Waals surface area contributed by atoms with Gasteiger partial charge in [0.1, 0.15) is 0 Å². The van der Waals surface area contributed by atoms with E-state index in [0.717, 1.165) is 34.3 Å². The molecule has 1 aromatic carbocycles.